The summed E-state index contributed by atoms with van der Waals surface area (Å²) in [5, 5.41) is 3.68. The van der Waals surface area contributed by atoms with E-state index in [1.54, 1.807) is 0 Å². The molecule has 1 aromatic rings. The third-order valence-corrected chi connectivity index (χ3v) is 4.54. The fraction of sp³-hybridized carbons (Fsp3) is 0.625. The highest BCUT2D eigenvalue weighted by atomic mass is 15.3. The summed E-state index contributed by atoms with van der Waals surface area (Å²) in [5.41, 5.74) is 2.77. The molecule has 1 fully saturated rings. The topological polar surface area (TPSA) is 18.5 Å². The van der Waals surface area contributed by atoms with Crippen LogP contribution < -0.4 is 15.1 Å². The molecule has 0 saturated carbocycles. The minimum atomic E-state index is 0.653. The fourth-order valence-electron chi connectivity index (χ4n) is 3.38. The van der Waals surface area contributed by atoms with E-state index in [1.807, 2.05) is 0 Å². The van der Waals surface area contributed by atoms with Crippen molar-refractivity contribution < 1.29 is 0 Å². The molecule has 3 nitrogen and oxygen atoms in total. The zero-order valence-corrected chi connectivity index (χ0v) is 12.1. The van der Waals surface area contributed by atoms with E-state index in [9.17, 15) is 0 Å². The number of hydrogen-bond donors (Lipinski definition) is 1. The van der Waals surface area contributed by atoms with E-state index >= 15 is 0 Å². The van der Waals surface area contributed by atoms with Crippen LogP contribution in [-0.2, 0) is 0 Å². The maximum absolute atomic E-state index is 3.68. The van der Waals surface area contributed by atoms with Gasteiger partial charge in [0, 0.05) is 32.7 Å². The summed E-state index contributed by atoms with van der Waals surface area (Å²) >= 11 is 0. The fourth-order valence-corrected chi connectivity index (χ4v) is 3.38. The van der Waals surface area contributed by atoms with Gasteiger partial charge in [-0.15, -0.1) is 0 Å². The van der Waals surface area contributed by atoms with Crippen LogP contribution in [0.4, 0.5) is 11.4 Å². The predicted octanol–water partition coefficient (Wildman–Crippen LogP) is 2.33. The lowest BCUT2D eigenvalue weighted by Crippen LogP contribution is -2.49. The number of anilines is 2. The number of nitrogens with zero attached hydrogens (tertiary/aromatic N) is 2. The highest BCUT2D eigenvalue weighted by Crippen LogP contribution is 2.32. The van der Waals surface area contributed by atoms with E-state index in [2.05, 4.69) is 53.4 Å². The number of rotatable bonds is 2. The first-order valence-corrected chi connectivity index (χ1v) is 7.52. The standard InChI is InChI=1S/C16H25N3/c1-13-7-8-17-14(11-13)12-19-10-9-18(2)15-5-3-4-6-16(15)19/h3-6,13-14,17H,7-12H2,1-2H3. The van der Waals surface area contributed by atoms with E-state index in [0.29, 0.717) is 6.04 Å². The second kappa shape index (κ2) is 5.41. The summed E-state index contributed by atoms with van der Waals surface area (Å²) in [7, 11) is 2.19. The van der Waals surface area contributed by atoms with Crippen molar-refractivity contribution in [1.29, 1.82) is 0 Å². The Labute approximate surface area is 116 Å². The van der Waals surface area contributed by atoms with Crippen LogP contribution in [0.1, 0.15) is 19.8 Å². The Morgan fingerprint density at radius 2 is 2.00 bits per heavy atom. The van der Waals surface area contributed by atoms with Gasteiger partial charge < -0.3 is 15.1 Å². The molecule has 2 aliphatic rings. The lowest BCUT2D eigenvalue weighted by Gasteiger charge is -2.40. The monoisotopic (exact) mass is 259 g/mol. The first-order chi connectivity index (χ1) is 9.24. The van der Waals surface area contributed by atoms with Gasteiger partial charge in [-0.2, -0.15) is 0 Å². The zero-order valence-electron chi connectivity index (χ0n) is 12.1. The largest absolute Gasteiger partial charge is 0.371 e. The van der Waals surface area contributed by atoms with Gasteiger partial charge in [-0.1, -0.05) is 19.1 Å². The summed E-state index contributed by atoms with van der Waals surface area (Å²) in [6.45, 7) is 6.97. The summed E-state index contributed by atoms with van der Waals surface area (Å²) in [6.07, 6.45) is 2.64. The van der Waals surface area contributed by atoms with Crippen molar-refractivity contribution in [2.75, 3.05) is 43.0 Å². The maximum atomic E-state index is 3.68. The van der Waals surface area contributed by atoms with Crippen LogP contribution in [0, 0.1) is 5.92 Å². The van der Waals surface area contributed by atoms with Gasteiger partial charge >= 0.3 is 0 Å². The minimum absolute atomic E-state index is 0.653. The normalized spacial score (nSPS) is 27.3. The predicted molar refractivity (Wildman–Crippen MR) is 82.1 cm³/mol. The maximum Gasteiger partial charge on any atom is 0.0605 e. The smallest absolute Gasteiger partial charge is 0.0605 e. The number of piperidine rings is 1. The molecule has 0 amide bonds. The molecule has 0 aliphatic carbocycles. The van der Waals surface area contributed by atoms with E-state index in [0.717, 1.165) is 25.6 Å². The Morgan fingerprint density at radius 1 is 1.21 bits per heavy atom. The van der Waals surface area contributed by atoms with Crippen molar-refractivity contribution in [3.63, 3.8) is 0 Å². The van der Waals surface area contributed by atoms with Gasteiger partial charge in [0.25, 0.3) is 0 Å². The molecule has 2 heterocycles. The quantitative estimate of drug-likeness (QED) is 0.879. The minimum Gasteiger partial charge on any atom is -0.371 e. The van der Waals surface area contributed by atoms with Gasteiger partial charge in [0.1, 0.15) is 0 Å². The Kier molecular flexibility index (Phi) is 3.65. The molecule has 1 aromatic carbocycles. The Bertz CT molecular complexity index is 432. The van der Waals surface area contributed by atoms with Crippen LogP contribution in [0.15, 0.2) is 24.3 Å². The van der Waals surface area contributed by atoms with Crippen molar-refractivity contribution >= 4 is 11.4 Å². The van der Waals surface area contributed by atoms with Crippen LogP contribution in [0.5, 0.6) is 0 Å². The van der Waals surface area contributed by atoms with Crippen LogP contribution in [0.25, 0.3) is 0 Å². The zero-order chi connectivity index (χ0) is 13.2. The summed E-state index contributed by atoms with van der Waals surface area (Å²) in [6, 6.07) is 9.44. The van der Waals surface area contributed by atoms with Crippen molar-refractivity contribution in [2.45, 2.75) is 25.8 Å². The van der Waals surface area contributed by atoms with Crippen molar-refractivity contribution in [2.24, 2.45) is 5.92 Å². The Morgan fingerprint density at radius 3 is 2.79 bits per heavy atom. The lowest BCUT2D eigenvalue weighted by molar-refractivity contribution is 0.320. The first-order valence-electron chi connectivity index (χ1n) is 7.52. The van der Waals surface area contributed by atoms with Crippen molar-refractivity contribution in [3.05, 3.63) is 24.3 Å². The second-order valence-corrected chi connectivity index (χ2v) is 6.14. The van der Waals surface area contributed by atoms with Crippen LogP contribution >= 0.6 is 0 Å². The number of nitrogens with one attached hydrogen (secondary N) is 1. The summed E-state index contributed by atoms with van der Waals surface area (Å²) in [4.78, 5) is 4.92. The summed E-state index contributed by atoms with van der Waals surface area (Å²) in [5.74, 6) is 0.869. The molecular formula is C16H25N3. The second-order valence-electron chi connectivity index (χ2n) is 6.14. The van der Waals surface area contributed by atoms with Gasteiger partial charge in [-0.25, -0.2) is 0 Å². The lowest BCUT2D eigenvalue weighted by atomic mass is 9.94. The van der Waals surface area contributed by atoms with Crippen molar-refractivity contribution in [3.8, 4) is 0 Å². The number of para-hydroxylation sites is 2. The summed E-state index contributed by atoms with van der Waals surface area (Å²) < 4.78 is 0. The van der Waals surface area contributed by atoms with Crippen LogP contribution in [0.2, 0.25) is 0 Å². The highest BCUT2D eigenvalue weighted by molar-refractivity contribution is 5.73. The molecule has 0 spiro atoms. The van der Waals surface area contributed by atoms with Gasteiger partial charge in [0.05, 0.1) is 11.4 Å². The average molecular weight is 259 g/mol. The number of likely N-dealkylation sites (N-methyl/N-ethyl adjacent to an activating group) is 1. The van der Waals surface area contributed by atoms with E-state index in [-0.39, 0.29) is 0 Å². The van der Waals surface area contributed by atoms with Gasteiger partial charge in [0.2, 0.25) is 0 Å². The molecule has 1 saturated heterocycles. The molecule has 104 valence electrons. The molecule has 3 heteroatoms. The molecule has 0 bridgehead atoms. The van der Waals surface area contributed by atoms with Crippen molar-refractivity contribution in [1.82, 2.24) is 5.32 Å². The molecule has 1 N–H and O–H groups in total. The number of hydrogen-bond acceptors (Lipinski definition) is 3. The molecule has 2 atom stereocenters. The third-order valence-electron chi connectivity index (χ3n) is 4.54. The molecule has 2 aliphatic heterocycles. The first kappa shape index (κ1) is 12.8. The number of benzene rings is 1. The van der Waals surface area contributed by atoms with Gasteiger partial charge in [0.15, 0.2) is 0 Å². The molecule has 19 heavy (non-hydrogen) atoms. The van der Waals surface area contributed by atoms with E-state index in [1.165, 1.54) is 30.8 Å². The van der Waals surface area contributed by atoms with Crippen LogP contribution in [0.3, 0.4) is 0 Å². The van der Waals surface area contributed by atoms with Gasteiger partial charge in [-0.3, -0.25) is 0 Å². The SMILES string of the molecule is CC1CCNC(CN2CCN(C)c3ccccc32)C1. The molecular weight excluding hydrogens is 234 g/mol. The average Bonchev–Trinajstić information content (AvgIpc) is 2.42. The van der Waals surface area contributed by atoms with Gasteiger partial charge in [-0.05, 0) is 37.4 Å². The highest BCUT2D eigenvalue weighted by Gasteiger charge is 2.24. The van der Waals surface area contributed by atoms with E-state index in [4.69, 9.17) is 0 Å². The third kappa shape index (κ3) is 2.71. The number of fused-ring (bicyclic) bond motifs is 1. The molecule has 3 rings (SSSR count). The molecule has 2 unspecified atom stereocenters. The molecule has 0 aromatic heterocycles. The van der Waals surface area contributed by atoms with E-state index < -0.39 is 0 Å². The van der Waals surface area contributed by atoms with Crippen LogP contribution in [-0.4, -0.2) is 39.3 Å². The Balaban J connectivity index is 1.73. The molecule has 0 radical (unpaired) electrons. The Hall–Kier alpha value is -1.22.